The van der Waals surface area contributed by atoms with Gasteiger partial charge < -0.3 is 15.0 Å². The SMILES string of the molecule is CCOC(=O)CCc1csc(NC2CCN(C)CC2)n1. The number of rotatable bonds is 6. The molecule has 1 fully saturated rings. The second kappa shape index (κ2) is 7.59. The molecule has 6 heteroatoms. The highest BCUT2D eigenvalue weighted by Crippen LogP contribution is 2.20. The first kappa shape index (κ1) is 15.3. The van der Waals surface area contributed by atoms with Crippen molar-refractivity contribution in [1.82, 2.24) is 9.88 Å². The molecular weight excluding hydrogens is 274 g/mol. The second-order valence-corrected chi connectivity index (χ2v) is 6.03. The van der Waals surface area contributed by atoms with Gasteiger partial charge in [-0.3, -0.25) is 4.79 Å². The fourth-order valence-corrected chi connectivity index (χ4v) is 3.10. The molecule has 1 aromatic heterocycles. The van der Waals surface area contributed by atoms with Crippen molar-refractivity contribution in [2.45, 2.75) is 38.6 Å². The van der Waals surface area contributed by atoms with Crippen LogP contribution in [-0.2, 0) is 16.0 Å². The van der Waals surface area contributed by atoms with Gasteiger partial charge in [0.05, 0.1) is 18.7 Å². The summed E-state index contributed by atoms with van der Waals surface area (Å²) in [6.45, 7) is 4.54. The number of esters is 1. The first-order valence-corrected chi connectivity index (χ1v) is 8.10. The molecular formula is C14H23N3O2S. The van der Waals surface area contributed by atoms with Crippen LogP contribution in [0.4, 0.5) is 5.13 Å². The predicted molar refractivity (Wildman–Crippen MR) is 81.2 cm³/mol. The maximum Gasteiger partial charge on any atom is 0.306 e. The van der Waals surface area contributed by atoms with Gasteiger partial charge in [-0.25, -0.2) is 4.98 Å². The van der Waals surface area contributed by atoms with Crippen molar-refractivity contribution >= 4 is 22.4 Å². The molecule has 112 valence electrons. The van der Waals surface area contributed by atoms with Crippen molar-refractivity contribution in [3.05, 3.63) is 11.1 Å². The van der Waals surface area contributed by atoms with Crippen molar-refractivity contribution < 1.29 is 9.53 Å². The van der Waals surface area contributed by atoms with Crippen molar-refractivity contribution in [3.63, 3.8) is 0 Å². The molecule has 1 aromatic rings. The largest absolute Gasteiger partial charge is 0.466 e. The standard InChI is InChI=1S/C14H23N3O2S/c1-3-19-13(18)5-4-12-10-20-14(16-12)15-11-6-8-17(2)9-7-11/h10-11H,3-9H2,1-2H3,(H,15,16). The Kier molecular flexibility index (Phi) is 5.79. The number of nitrogens with zero attached hydrogens (tertiary/aromatic N) is 2. The second-order valence-electron chi connectivity index (χ2n) is 5.17. The summed E-state index contributed by atoms with van der Waals surface area (Å²) < 4.78 is 4.92. The minimum absolute atomic E-state index is 0.148. The quantitative estimate of drug-likeness (QED) is 0.815. The Labute approximate surface area is 124 Å². The van der Waals surface area contributed by atoms with Gasteiger partial charge in [0.15, 0.2) is 5.13 Å². The summed E-state index contributed by atoms with van der Waals surface area (Å²) in [5.41, 5.74) is 0.971. The molecule has 5 nitrogen and oxygen atoms in total. The van der Waals surface area contributed by atoms with Gasteiger partial charge in [-0.15, -0.1) is 11.3 Å². The van der Waals surface area contributed by atoms with Gasteiger partial charge in [-0.1, -0.05) is 0 Å². The van der Waals surface area contributed by atoms with E-state index in [2.05, 4.69) is 22.2 Å². The third-order valence-electron chi connectivity index (χ3n) is 3.49. The molecule has 0 aliphatic carbocycles. The van der Waals surface area contributed by atoms with Crippen LogP contribution >= 0.6 is 11.3 Å². The number of anilines is 1. The molecule has 1 saturated heterocycles. The molecule has 2 heterocycles. The number of nitrogens with one attached hydrogen (secondary N) is 1. The summed E-state index contributed by atoms with van der Waals surface area (Å²) >= 11 is 1.62. The number of ether oxygens (including phenoxy) is 1. The number of carbonyl (C=O) groups is 1. The van der Waals surface area contributed by atoms with Crippen LogP contribution < -0.4 is 5.32 Å². The van der Waals surface area contributed by atoms with E-state index in [1.54, 1.807) is 11.3 Å². The zero-order valence-corrected chi connectivity index (χ0v) is 13.0. The molecule has 20 heavy (non-hydrogen) atoms. The van der Waals surface area contributed by atoms with Crippen molar-refractivity contribution in [2.24, 2.45) is 0 Å². The fourth-order valence-electron chi connectivity index (χ4n) is 2.28. The molecule has 1 aliphatic heterocycles. The number of thiazole rings is 1. The van der Waals surface area contributed by atoms with Crippen LogP contribution in [0.3, 0.4) is 0 Å². The zero-order valence-electron chi connectivity index (χ0n) is 12.2. The van der Waals surface area contributed by atoms with Crippen LogP contribution in [0.1, 0.15) is 31.9 Å². The lowest BCUT2D eigenvalue weighted by Crippen LogP contribution is -2.36. The predicted octanol–water partition coefficient (Wildman–Crippen LogP) is 2.14. The van der Waals surface area contributed by atoms with Crippen LogP contribution in [0.2, 0.25) is 0 Å². The van der Waals surface area contributed by atoms with E-state index in [1.165, 1.54) is 0 Å². The molecule has 0 radical (unpaired) electrons. The van der Waals surface area contributed by atoms with Crippen molar-refractivity contribution in [2.75, 3.05) is 32.1 Å². The molecule has 0 atom stereocenters. The van der Waals surface area contributed by atoms with E-state index in [0.29, 0.717) is 25.5 Å². The monoisotopic (exact) mass is 297 g/mol. The highest BCUT2D eigenvalue weighted by molar-refractivity contribution is 7.13. The Balaban J connectivity index is 1.76. The Morgan fingerprint density at radius 1 is 1.55 bits per heavy atom. The summed E-state index contributed by atoms with van der Waals surface area (Å²) in [4.78, 5) is 18.2. The lowest BCUT2D eigenvalue weighted by molar-refractivity contribution is -0.143. The van der Waals surface area contributed by atoms with E-state index < -0.39 is 0 Å². The average Bonchev–Trinajstić information content (AvgIpc) is 2.87. The number of aromatic nitrogens is 1. The molecule has 0 unspecified atom stereocenters. The van der Waals surface area contributed by atoms with E-state index in [1.807, 2.05) is 12.3 Å². The van der Waals surface area contributed by atoms with E-state index in [0.717, 1.165) is 36.8 Å². The first-order chi connectivity index (χ1) is 9.67. The summed E-state index contributed by atoms with van der Waals surface area (Å²) in [6, 6.07) is 0.523. The van der Waals surface area contributed by atoms with Gasteiger partial charge in [0.1, 0.15) is 0 Å². The van der Waals surface area contributed by atoms with Crippen LogP contribution in [-0.4, -0.2) is 48.6 Å². The third kappa shape index (κ3) is 4.76. The average molecular weight is 297 g/mol. The van der Waals surface area contributed by atoms with E-state index in [4.69, 9.17) is 4.74 Å². The summed E-state index contributed by atoms with van der Waals surface area (Å²) in [5.74, 6) is -0.148. The fraction of sp³-hybridized carbons (Fsp3) is 0.714. The van der Waals surface area contributed by atoms with Gasteiger partial charge in [-0.2, -0.15) is 0 Å². The molecule has 0 saturated carbocycles. The number of hydrogen-bond acceptors (Lipinski definition) is 6. The normalized spacial score (nSPS) is 17.1. The number of likely N-dealkylation sites (tertiary alicyclic amines) is 1. The first-order valence-electron chi connectivity index (χ1n) is 7.22. The van der Waals surface area contributed by atoms with Crippen molar-refractivity contribution in [3.8, 4) is 0 Å². The van der Waals surface area contributed by atoms with E-state index in [-0.39, 0.29) is 5.97 Å². The molecule has 0 spiro atoms. The highest BCUT2D eigenvalue weighted by atomic mass is 32.1. The van der Waals surface area contributed by atoms with Crippen LogP contribution in [0.5, 0.6) is 0 Å². The minimum Gasteiger partial charge on any atom is -0.466 e. The summed E-state index contributed by atoms with van der Waals surface area (Å²) in [5, 5.41) is 6.49. The van der Waals surface area contributed by atoms with Gasteiger partial charge in [0, 0.05) is 17.8 Å². The van der Waals surface area contributed by atoms with Crippen LogP contribution in [0.15, 0.2) is 5.38 Å². The zero-order chi connectivity index (χ0) is 14.4. The van der Waals surface area contributed by atoms with Crippen molar-refractivity contribution in [1.29, 1.82) is 0 Å². The van der Waals surface area contributed by atoms with Crippen LogP contribution in [0.25, 0.3) is 0 Å². The van der Waals surface area contributed by atoms with Gasteiger partial charge in [0.25, 0.3) is 0 Å². The lowest BCUT2D eigenvalue weighted by atomic mass is 10.1. The Morgan fingerprint density at radius 3 is 3.00 bits per heavy atom. The summed E-state index contributed by atoms with van der Waals surface area (Å²) in [7, 11) is 2.16. The third-order valence-corrected chi connectivity index (χ3v) is 4.31. The van der Waals surface area contributed by atoms with Gasteiger partial charge in [0.2, 0.25) is 0 Å². The topological polar surface area (TPSA) is 54.5 Å². The Hall–Kier alpha value is -1.14. The molecule has 2 rings (SSSR count). The molecule has 1 N–H and O–H groups in total. The highest BCUT2D eigenvalue weighted by Gasteiger charge is 2.17. The molecule has 0 aromatic carbocycles. The maximum absolute atomic E-state index is 11.3. The van der Waals surface area contributed by atoms with E-state index in [9.17, 15) is 4.79 Å². The summed E-state index contributed by atoms with van der Waals surface area (Å²) in [6.07, 6.45) is 3.39. The Bertz CT molecular complexity index is 428. The lowest BCUT2D eigenvalue weighted by Gasteiger charge is -2.29. The minimum atomic E-state index is -0.148. The number of piperidine rings is 1. The molecule has 1 aliphatic rings. The van der Waals surface area contributed by atoms with Crippen LogP contribution in [0, 0.1) is 0 Å². The molecule has 0 amide bonds. The smallest absolute Gasteiger partial charge is 0.306 e. The van der Waals surface area contributed by atoms with Gasteiger partial charge >= 0.3 is 5.97 Å². The number of carbonyl (C=O) groups excluding carboxylic acids is 1. The molecule has 0 bridgehead atoms. The maximum atomic E-state index is 11.3. The Morgan fingerprint density at radius 2 is 2.30 bits per heavy atom. The number of hydrogen-bond donors (Lipinski definition) is 1. The number of aryl methyl sites for hydroxylation is 1. The van der Waals surface area contributed by atoms with Gasteiger partial charge in [-0.05, 0) is 39.9 Å². The van der Waals surface area contributed by atoms with E-state index >= 15 is 0 Å².